The summed E-state index contributed by atoms with van der Waals surface area (Å²) in [6, 6.07) is 83.0. The molecule has 1 atom stereocenters. The third-order valence-electron chi connectivity index (χ3n) is 13.9. The Bertz CT molecular complexity index is 3860. The van der Waals surface area contributed by atoms with Gasteiger partial charge in [-0.15, -0.1) is 11.3 Å². The maximum atomic E-state index is 6.36. The molecule has 0 fully saturated rings. The zero-order valence-electron chi connectivity index (χ0n) is 34.6. The molecule has 298 valence electrons. The van der Waals surface area contributed by atoms with Gasteiger partial charge in [0, 0.05) is 53.6 Å². The number of hydrogen-bond donors (Lipinski definition) is 0. The standard InChI is InChI=1S/C61H37NOS/c1-2-14-38(15-3-1)39-26-28-40(29-27-39)62(42-31-35-57-51(37-42)46-19-8-12-24-56(46)63-57)41-30-33-54-50(36-41)44-17-5-4-16-43(44)45-18-6-10-22-52(45)61(54)53-23-11-7-21-49(53)59-55(61)34-32-48-47-20-9-13-25-58(47)64-60(48)59/h1-37H. The number of benzene rings is 10. The number of furan rings is 1. The van der Waals surface area contributed by atoms with Crippen molar-refractivity contribution in [3.8, 4) is 44.5 Å². The molecular formula is C61H37NOS. The van der Waals surface area contributed by atoms with Crippen LogP contribution in [0.3, 0.4) is 0 Å². The molecule has 2 aliphatic carbocycles. The minimum atomic E-state index is -0.587. The van der Waals surface area contributed by atoms with Crippen LogP contribution in [0.25, 0.3) is 86.6 Å². The average Bonchev–Trinajstić information content (AvgIpc) is 4.01. The summed E-state index contributed by atoms with van der Waals surface area (Å²) in [5.41, 5.74) is 19.7. The first-order valence-corrected chi connectivity index (χ1v) is 22.8. The molecule has 14 rings (SSSR count). The van der Waals surface area contributed by atoms with Crippen molar-refractivity contribution in [1.82, 2.24) is 0 Å². The number of anilines is 3. The second-order valence-electron chi connectivity index (χ2n) is 17.1. The van der Waals surface area contributed by atoms with Crippen LogP contribution in [0.1, 0.15) is 22.3 Å². The molecule has 0 amide bonds. The maximum Gasteiger partial charge on any atom is 0.135 e. The summed E-state index contributed by atoms with van der Waals surface area (Å²) in [5.74, 6) is 0. The van der Waals surface area contributed by atoms with E-state index >= 15 is 0 Å². The second-order valence-corrected chi connectivity index (χ2v) is 18.2. The Morgan fingerprint density at radius 2 is 0.906 bits per heavy atom. The molecule has 12 aromatic rings. The van der Waals surface area contributed by atoms with Crippen LogP contribution in [0.2, 0.25) is 0 Å². The van der Waals surface area contributed by atoms with E-state index in [1.165, 1.54) is 86.9 Å². The Kier molecular flexibility index (Phi) is 7.51. The molecule has 0 radical (unpaired) electrons. The van der Waals surface area contributed by atoms with Crippen LogP contribution in [0.5, 0.6) is 0 Å². The molecular weight excluding hydrogens is 795 g/mol. The Morgan fingerprint density at radius 1 is 0.344 bits per heavy atom. The summed E-state index contributed by atoms with van der Waals surface area (Å²) < 4.78 is 9.03. The van der Waals surface area contributed by atoms with Gasteiger partial charge in [0.2, 0.25) is 0 Å². The molecule has 2 aromatic heterocycles. The van der Waals surface area contributed by atoms with Gasteiger partial charge in [0.1, 0.15) is 11.2 Å². The number of para-hydroxylation sites is 1. The summed E-state index contributed by atoms with van der Waals surface area (Å²) in [5, 5.41) is 4.85. The maximum absolute atomic E-state index is 6.36. The summed E-state index contributed by atoms with van der Waals surface area (Å²) in [6.45, 7) is 0. The fraction of sp³-hybridized carbons (Fsp3) is 0.0164. The Morgan fingerprint density at radius 3 is 1.73 bits per heavy atom. The zero-order chi connectivity index (χ0) is 41.9. The van der Waals surface area contributed by atoms with Gasteiger partial charge in [-0.25, -0.2) is 0 Å². The number of hydrogen-bond acceptors (Lipinski definition) is 3. The predicted octanol–water partition coefficient (Wildman–Crippen LogP) is 17.1. The lowest BCUT2D eigenvalue weighted by molar-refractivity contribution is 0.669. The molecule has 0 bridgehead atoms. The lowest BCUT2D eigenvalue weighted by Gasteiger charge is -2.36. The van der Waals surface area contributed by atoms with Crippen molar-refractivity contribution in [3.05, 3.63) is 247 Å². The van der Waals surface area contributed by atoms with Crippen LogP contribution in [-0.2, 0) is 5.41 Å². The predicted molar refractivity (Wildman–Crippen MR) is 268 cm³/mol. The highest BCUT2D eigenvalue weighted by atomic mass is 32.1. The average molecular weight is 832 g/mol. The molecule has 2 heterocycles. The molecule has 3 heteroatoms. The third-order valence-corrected chi connectivity index (χ3v) is 15.1. The van der Waals surface area contributed by atoms with E-state index in [1.807, 2.05) is 17.4 Å². The van der Waals surface area contributed by atoms with Crippen molar-refractivity contribution in [2.45, 2.75) is 5.41 Å². The first kappa shape index (κ1) is 35.6. The summed E-state index contributed by atoms with van der Waals surface area (Å²) in [4.78, 5) is 2.42. The zero-order valence-corrected chi connectivity index (χ0v) is 35.4. The summed E-state index contributed by atoms with van der Waals surface area (Å²) in [6.07, 6.45) is 0. The van der Waals surface area contributed by atoms with Crippen molar-refractivity contribution < 1.29 is 4.42 Å². The van der Waals surface area contributed by atoms with E-state index in [2.05, 4.69) is 223 Å². The van der Waals surface area contributed by atoms with Gasteiger partial charge >= 0.3 is 0 Å². The summed E-state index contributed by atoms with van der Waals surface area (Å²) in [7, 11) is 0. The van der Waals surface area contributed by atoms with Crippen LogP contribution in [0.4, 0.5) is 17.1 Å². The number of nitrogens with zero attached hydrogens (tertiary/aromatic N) is 1. The van der Waals surface area contributed by atoms with Crippen LogP contribution in [0, 0.1) is 0 Å². The first-order valence-electron chi connectivity index (χ1n) is 22.0. The van der Waals surface area contributed by atoms with Gasteiger partial charge in [0.15, 0.2) is 0 Å². The van der Waals surface area contributed by atoms with E-state index in [0.717, 1.165) is 39.0 Å². The van der Waals surface area contributed by atoms with Crippen LogP contribution in [-0.4, -0.2) is 0 Å². The van der Waals surface area contributed by atoms with Gasteiger partial charge in [-0.3, -0.25) is 0 Å². The molecule has 64 heavy (non-hydrogen) atoms. The molecule has 1 spiro atoms. The third kappa shape index (κ3) is 4.90. The van der Waals surface area contributed by atoms with Crippen LogP contribution >= 0.6 is 11.3 Å². The Labute approximate surface area is 374 Å². The fourth-order valence-electron chi connectivity index (χ4n) is 11.2. The van der Waals surface area contributed by atoms with Gasteiger partial charge in [0.05, 0.1) is 5.41 Å². The van der Waals surface area contributed by atoms with Crippen molar-refractivity contribution in [1.29, 1.82) is 0 Å². The topological polar surface area (TPSA) is 16.4 Å². The highest BCUT2D eigenvalue weighted by Crippen LogP contribution is 2.63. The highest BCUT2D eigenvalue weighted by molar-refractivity contribution is 7.26. The quantitative estimate of drug-likeness (QED) is 0.176. The minimum Gasteiger partial charge on any atom is -0.456 e. The molecule has 0 N–H and O–H groups in total. The van der Waals surface area contributed by atoms with Crippen molar-refractivity contribution >= 4 is 70.5 Å². The van der Waals surface area contributed by atoms with Gasteiger partial charge < -0.3 is 9.32 Å². The normalized spacial score (nSPS) is 14.6. The molecule has 2 aliphatic rings. The SMILES string of the molecule is c1ccc(-c2ccc(N(c3ccc4c(c3)-c3ccccc3-c3ccccc3C43c4ccccc4-c4c3ccc3c4sc4ccccc43)c3ccc4oc5ccccc5c4c3)cc2)cc1. The molecule has 0 aliphatic heterocycles. The van der Waals surface area contributed by atoms with Crippen LogP contribution in [0.15, 0.2) is 229 Å². The van der Waals surface area contributed by atoms with E-state index in [1.54, 1.807) is 0 Å². The minimum absolute atomic E-state index is 0.587. The molecule has 0 saturated carbocycles. The molecule has 2 nitrogen and oxygen atoms in total. The van der Waals surface area contributed by atoms with E-state index < -0.39 is 5.41 Å². The molecule has 0 saturated heterocycles. The van der Waals surface area contributed by atoms with Gasteiger partial charge in [0.25, 0.3) is 0 Å². The van der Waals surface area contributed by atoms with E-state index in [4.69, 9.17) is 4.42 Å². The molecule has 1 unspecified atom stereocenters. The summed E-state index contributed by atoms with van der Waals surface area (Å²) >= 11 is 1.92. The van der Waals surface area contributed by atoms with Crippen LogP contribution < -0.4 is 4.90 Å². The number of fused-ring (bicyclic) bond motifs is 19. The van der Waals surface area contributed by atoms with Crippen molar-refractivity contribution in [2.24, 2.45) is 0 Å². The highest BCUT2D eigenvalue weighted by Gasteiger charge is 2.50. The Hall–Kier alpha value is -7.98. The van der Waals surface area contributed by atoms with Gasteiger partial charge in [-0.2, -0.15) is 0 Å². The monoisotopic (exact) mass is 831 g/mol. The van der Waals surface area contributed by atoms with Gasteiger partial charge in [-0.1, -0.05) is 170 Å². The largest absolute Gasteiger partial charge is 0.456 e. The fourth-order valence-corrected chi connectivity index (χ4v) is 12.5. The van der Waals surface area contributed by atoms with Crippen molar-refractivity contribution in [2.75, 3.05) is 4.90 Å². The smallest absolute Gasteiger partial charge is 0.135 e. The molecule has 10 aromatic carbocycles. The van der Waals surface area contributed by atoms with E-state index in [-0.39, 0.29) is 0 Å². The van der Waals surface area contributed by atoms with E-state index in [0.29, 0.717) is 0 Å². The lowest BCUT2D eigenvalue weighted by atomic mass is 9.66. The van der Waals surface area contributed by atoms with Gasteiger partial charge in [-0.05, 0) is 116 Å². The lowest BCUT2D eigenvalue weighted by Crippen LogP contribution is -2.29. The Balaban J connectivity index is 1.06. The second kappa shape index (κ2) is 13.5. The first-order chi connectivity index (χ1) is 31.7. The van der Waals surface area contributed by atoms with Crippen molar-refractivity contribution in [3.63, 3.8) is 0 Å². The van der Waals surface area contributed by atoms with E-state index in [9.17, 15) is 0 Å². The number of thiophene rings is 1. The number of rotatable bonds is 4.